The third kappa shape index (κ3) is 3.89. The maximum absolute atomic E-state index is 12.9. The van der Waals surface area contributed by atoms with Crippen molar-refractivity contribution in [2.75, 3.05) is 45.9 Å². The molecular weight excluding hydrogens is 414 g/mol. The smallest absolute Gasteiger partial charge is 0.236 e. The molecule has 1 saturated carbocycles. The molecule has 0 radical (unpaired) electrons. The summed E-state index contributed by atoms with van der Waals surface area (Å²) in [4.78, 5) is 29.3. The first-order chi connectivity index (χ1) is 15.3. The Morgan fingerprint density at radius 3 is 2.56 bits per heavy atom. The SMILES string of the molecule is CC1CCC2C(C)C(NC(=O)CN3CCN(CCO)CC3)OC3OC4(C)CCC1C32OO4. The van der Waals surface area contributed by atoms with E-state index in [0.29, 0.717) is 24.9 Å². The number of ether oxygens (including phenoxy) is 2. The molecule has 0 aromatic carbocycles. The molecule has 2 bridgehead atoms. The summed E-state index contributed by atoms with van der Waals surface area (Å²) in [5, 5.41) is 12.3. The summed E-state index contributed by atoms with van der Waals surface area (Å²) < 4.78 is 12.8. The Labute approximate surface area is 190 Å². The minimum atomic E-state index is -0.805. The highest BCUT2D eigenvalue weighted by atomic mass is 17.3. The first-order valence-corrected chi connectivity index (χ1v) is 12.4. The predicted octanol–water partition coefficient (Wildman–Crippen LogP) is 0.921. The number of hydrogen-bond acceptors (Lipinski definition) is 8. The minimum Gasteiger partial charge on any atom is -0.395 e. The average Bonchev–Trinajstić information content (AvgIpc) is 2.99. The van der Waals surface area contributed by atoms with Crippen molar-refractivity contribution in [2.24, 2.45) is 23.7 Å². The molecule has 0 aromatic rings. The fraction of sp³-hybridized carbons (Fsp3) is 0.957. The normalized spacial score (nSPS) is 47.0. The lowest BCUT2D eigenvalue weighted by Crippen LogP contribution is -2.72. The van der Waals surface area contributed by atoms with Crippen molar-refractivity contribution < 1.29 is 29.1 Å². The van der Waals surface area contributed by atoms with Crippen molar-refractivity contribution >= 4 is 5.91 Å². The van der Waals surface area contributed by atoms with Gasteiger partial charge in [0.05, 0.1) is 13.2 Å². The van der Waals surface area contributed by atoms with Gasteiger partial charge in [0.2, 0.25) is 11.7 Å². The standard InChI is InChI=1S/C23H39N3O6/c1-15-4-5-18-16(2)20(24-19(28)14-26-10-8-25(9-11-26)12-13-27)29-21-23(18)17(15)6-7-22(3,30-21)31-32-23/h15-18,20-21,27H,4-14H2,1-3H3,(H,24,28). The Bertz CT molecular complexity index is 703. The number of nitrogens with one attached hydrogen (secondary N) is 1. The average molecular weight is 454 g/mol. The molecule has 1 amide bonds. The highest BCUT2D eigenvalue weighted by Crippen LogP contribution is 2.60. The molecule has 2 N–H and O–H groups in total. The summed E-state index contributed by atoms with van der Waals surface area (Å²) in [6.07, 6.45) is 3.00. The molecule has 182 valence electrons. The van der Waals surface area contributed by atoms with Gasteiger partial charge in [-0.25, -0.2) is 9.78 Å². The minimum absolute atomic E-state index is 0.0173. The molecule has 8 unspecified atom stereocenters. The van der Waals surface area contributed by atoms with Crippen LogP contribution in [0.25, 0.3) is 0 Å². The summed E-state index contributed by atoms with van der Waals surface area (Å²) in [5.41, 5.74) is -0.600. The topological polar surface area (TPSA) is 92.7 Å². The third-order valence-corrected chi connectivity index (χ3v) is 8.71. The molecule has 8 atom stereocenters. The van der Waals surface area contributed by atoms with Gasteiger partial charge in [0.1, 0.15) is 6.23 Å². The fourth-order valence-corrected chi connectivity index (χ4v) is 6.79. The van der Waals surface area contributed by atoms with E-state index in [2.05, 4.69) is 29.0 Å². The quantitative estimate of drug-likeness (QED) is 0.594. The highest BCUT2D eigenvalue weighted by molar-refractivity contribution is 5.78. The van der Waals surface area contributed by atoms with Gasteiger partial charge in [0.15, 0.2) is 11.9 Å². The molecule has 0 aromatic heterocycles. The van der Waals surface area contributed by atoms with Crippen LogP contribution in [0.1, 0.15) is 46.5 Å². The lowest BCUT2D eigenvalue weighted by atomic mass is 9.58. The molecule has 6 aliphatic rings. The number of amides is 1. The van der Waals surface area contributed by atoms with Crippen LogP contribution >= 0.6 is 0 Å². The lowest BCUT2D eigenvalue weighted by Gasteiger charge is -2.60. The van der Waals surface area contributed by atoms with Crippen molar-refractivity contribution in [3.05, 3.63) is 0 Å². The van der Waals surface area contributed by atoms with Crippen LogP contribution in [0.15, 0.2) is 0 Å². The van der Waals surface area contributed by atoms with Crippen LogP contribution in [0.4, 0.5) is 0 Å². The van der Waals surface area contributed by atoms with Crippen LogP contribution in [0, 0.1) is 23.7 Å². The molecule has 9 nitrogen and oxygen atoms in total. The number of aliphatic hydroxyl groups is 1. The van der Waals surface area contributed by atoms with E-state index in [1.807, 2.05) is 6.92 Å². The number of aliphatic hydroxyl groups excluding tert-OH is 1. The molecular formula is C23H39N3O6. The monoisotopic (exact) mass is 453 g/mol. The van der Waals surface area contributed by atoms with Crippen molar-refractivity contribution in [1.29, 1.82) is 0 Å². The van der Waals surface area contributed by atoms with Crippen LogP contribution in [-0.2, 0) is 24.0 Å². The molecule has 5 saturated heterocycles. The van der Waals surface area contributed by atoms with E-state index in [1.165, 1.54) is 0 Å². The van der Waals surface area contributed by atoms with E-state index in [4.69, 9.17) is 24.4 Å². The van der Waals surface area contributed by atoms with Gasteiger partial charge in [-0.1, -0.05) is 13.8 Å². The molecule has 1 spiro atoms. The first-order valence-electron chi connectivity index (χ1n) is 12.4. The van der Waals surface area contributed by atoms with Crippen LogP contribution < -0.4 is 5.32 Å². The van der Waals surface area contributed by atoms with E-state index in [9.17, 15) is 4.79 Å². The molecule has 6 rings (SSSR count). The van der Waals surface area contributed by atoms with Gasteiger partial charge in [0, 0.05) is 51.0 Å². The van der Waals surface area contributed by atoms with Crippen LogP contribution in [0.5, 0.6) is 0 Å². The van der Waals surface area contributed by atoms with Gasteiger partial charge in [-0.05, 0) is 38.0 Å². The van der Waals surface area contributed by atoms with E-state index >= 15 is 0 Å². The van der Waals surface area contributed by atoms with Crippen LogP contribution in [-0.4, -0.2) is 90.6 Å². The zero-order valence-electron chi connectivity index (χ0n) is 19.6. The number of nitrogens with zero attached hydrogens (tertiary/aromatic N) is 2. The number of carbonyl (C=O) groups is 1. The fourth-order valence-electron chi connectivity index (χ4n) is 6.79. The number of piperazine rings is 1. The van der Waals surface area contributed by atoms with E-state index in [-0.39, 0.29) is 24.3 Å². The van der Waals surface area contributed by atoms with Gasteiger partial charge in [0.25, 0.3) is 0 Å². The van der Waals surface area contributed by atoms with Crippen LogP contribution in [0.2, 0.25) is 0 Å². The summed E-state index contributed by atoms with van der Waals surface area (Å²) in [5.74, 6) is 0.327. The van der Waals surface area contributed by atoms with Crippen LogP contribution in [0.3, 0.4) is 0 Å². The van der Waals surface area contributed by atoms with Gasteiger partial charge in [-0.15, -0.1) is 0 Å². The van der Waals surface area contributed by atoms with Gasteiger partial charge < -0.3 is 19.9 Å². The van der Waals surface area contributed by atoms with Crippen molar-refractivity contribution in [1.82, 2.24) is 15.1 Å². The molecule has 6 fully saturated rings. The van der Waals surface area contributed by atoms with Crippen molar-refractivity contribution in [3.63, 3.8) is 0 Å². The Balaban J connectivity index is 1.26. The molecule has 5 heterocycles. The number of β-amino-alcohol motifs (C(OH)–C–C–N with tert-alkyl or cyclic N) is 1. The second-order valence-electron chi connectivity index (χ2n) is 10.7. The zero-order chi connectivity index (χ0) is 22.5. The molecule has 1 aliphatic carbocycles. The third-order valence-electron chi connectivity index (χ3n) is 8.71. The van der Waals surface area contributed by atoms with E-state index < -0.39 is 23.9 Å². The first kappa shape index (κ1) is 23.0. The summed E-state index contributed by atoms with van der Waals surface area (Å²) in [6, 6.07) is 0. The Morgan fingerprint density at radius 1 is 1.06 bits per heavy atom. The second kappa shape index (κ2) is 8.76. The van der Waals surface area contributed by atoms with Crippen molar-refractivity contribution in [3.8, 4) is 0 Å². The second-order valence-corrected chi connectivity index (χ2v) is 10.7. The summed E-state index contributed by atoms with van der Waals surface area (Å²) in [7, 11) is 0. The largest absolute Gasteiger partial charge is 0.395 e. The van der Waals surface area contributed by atoms with E-state index in [0.717, 1.165) is 51.9 Å². The zero-order valence-corrected chi connectivity index (χ0v) is 19.6. The number of carbonyl (C=O) groups excluding carboxylic acids is 1. The van der Waals surface area contributed by atoms with Crippen molar-refractivity contribution in [2.45, 2.75) is 70.4 Å². The summed E-state index contributed by atoms with van der Waals surface area (Å²) >= 11 is 0. The Kier molecular flexibility index (Phi) is 6.28. The number of rotatable bonds is 5. The van der Waals surface area contributed by atoms with Gasteiger partial charge in [-0.2, -0.15) is 0 Å². The predicted molar refractivity (Wildman–Crippen MR) is 115 cm³/mol. The molecule has 32 heavy (non-hydrogen) atoms. The van der Waals surface area contributed by atoms with E-state index in [1.54, 1.807) is 0 Å². The number of fused-ring (bicyclic) bond motifs is 2. The summed E-state index contributed by atoms with van der Waals surface area (Å²) in [6.45, 7) is 11.0. The number of hydrogen-bond donors (Lipinski definition) is 2. The maximum Gasteiger partial charge on any atom is 0.236 e. The highest BCUT2D eigenvalue weighted by Gasteiger charge is 2.69. The lowest BCUT2D eigenvalue weighted by molar-refractivity contribution is -0.571. The Hall–Kier alpha value is -0.810. The molecule has 5 aliphatic heterocycles. The van der Waals surface area contributed by atoms with Gasteiger partial charge in [-0.3, -0.25) is 14.6 Å². The maximum atomic E-state index is 12.9. The Morgan fingerprint density at radius 2 is 1.81 bits per heavy atom. The van der Waals surface area contributed by atoms with Gasteiger partial charge >= 0.3 is 0 Å². The molecule has 9 heteroatoms.